The van der Waals surface area contributed by atoms with Crippen molar-refractivity contribution < 1.29 is 0 Å². The number of nitrogens with one attached hydrogen (secondary N) is 1. The predicted molar refractivity (Wildman–Crippen MR) is 76.6 cm³/mol. The first-order valence-electron chi connectivity index (χ1n) is 5.90. The Hall–Kier alpha value is -0.350. The second-order valence-corrected chi connectivity index (χ2v) is 5.67. The van der Waals surface area contributed by atoms with E-state index in [-0.39, 0.29) is 5.28 Å². The van der Waals surface area contributed by atoms with E-state index >= 15 is 0 Å². The van der Waals surface area contributed by atoms with Crippen LogP contribution in [0.15, 0.2) is 4.47 Å². The predicted octanol–water partition coefficient (Wildman–Crippen LogP) is 4.44. The van der Waals surface area contributed by atoms with Crippen molar-refractivity contribution in [2.24, 2.45) is 5.92 Å². The molecule has 1 N–H and O–H groups in total. The first kappa shape index (κ1) is 14.7. The van der Waals surface area contributed by atoms with Crippen molar-refractivity contribution in [3.8, 4) is 0 Å². The van der Waals surface area contributed by atoms with Crippen molar-refractivity contribution in [3.05, 3.63) is 15.5 Å². The largest absolute Gasteiger partial charge is 0.367 e. The fraction of sp³-hybridized carbons (Fsp3) is 0.667. The minimum Gasteiger partial charge on any atom is -0.367 e. The highest BCUT2D eigenvalue weighted by Gasteiger charge is 2.12. The monoisotopic (exact) mass is 319 g/mol. The van der Waals surface area contributed by atoms with Gasteiger partial charge in [0, 0.05) is 6.04 Å². The van der Waals surface area contributed by atoms with E-state index in [0.717, 1.165) is 22.4 Å². The highest BCUT2D eigenvalue weighted by Crippen LogP contribution is 2.25. The van der Waals surface area contributed by atoms with Gasteiger partial charge < -0.3 is 5.32 Å². The molecule has 96 valence electrons. The van der Waals surface area contributed by atoms with Gasteiger partial charge in [0.2, 0.25) is 5.28 Å². The first-order valence-corrected chi connectivity index (χ1v) is 7.07. The van der Waals surface area contributed by atoms with Gasteiger partial charge >= 0.3 is 0 Å². The quantitative estimate of drug-likeness (QED) is 0.815. The molecule has 0 aliphatic heterocycles. The Bertz CT molecular complexity index is 384. The maximum absolute atomic E-state index is 5.86. The Morgan fingerprint density at radius 2 is 2.00 bits per heavy atom. The molecule has 0 saturated carbocycles. The summed E-state index contributed by atoms with van der Waals surface area (Å²) in [5, 5.41) is 3.66. The van der Waals surface area contributed by atoms with Crippen LogP contribution in [-0.4, -0.2) is 16.0 Å². The van der Waals surface area contributed by atoms with Crippen LogP contribution in [0.4, 0.5) is 5.82 Å². The standard InChI is InChI=1S/C12H19BrClN3/c1-5-7(2)6-8(3)15-11-10(13)9(4)16-12(14)17-11/h7-8H,5-6H2,1-4H3,(H,15,16,17). The Balaban J connectivity index is 2.74. The van der Waals surface area contributed by atoms with Gasteiger partial charge in [-0.1, -0.05) is 20.3 Å². The normalized spacial score (nSPS) is 14.5. The zero-order valence-corrected chi connectivity index (χ0v) is 13.1. The van der Waals surface area contributed by atoms with Crippen LogP contribution in [0.3, 0.4) is 0 Å². The van der Waals surface area contributed by atoms with E-state index in [4.69, 9.17) is 11.6 Å². The summed E-state index contributed by atoms with van der Waals surface area (Å²) in [4.78, 5) is 8.29. The van der Waals surface area contributed by atoms with E-state index in [1.165, 1.54) is 6.42 Å². The lowest BCUT2D eigenvalue weighted by molar-refractivity contribution is 0.483. The fourth-order valence-electron chi connectivity index (χ4n) is 1.68. The maximum Gasteiger partial charge on any atom is 0.224 e. The highest BCUT2D eigenvalue weighted by atomic mass is 79.9. The second kappa shape index (κ2) is 6.55. The summed E-state index contributed by atoms with van der Waals surface area (Å²) < 4.78 is 0.887. The van der Waals surface area contributed by atoms with Gasteiger partial charge in [0.05, 0.1) is 10.2 Å². The van der Waals surface area contributed by atoms with E-state index < -0.39 is 0 Å². The smallest absolute Gasteiger partial charge is 0.224 e. The summed E-state index contributed by atoms with van der Waals surface area (Å²) >= 11 is 9.34. The molecule has 2 atom stereocenters. The maximum atomic E-state index is 5.86. The topological polar surface area (TPSA) is 37.8 Å². The number of nitrogens with zero attached hydrogens (tertiary/aromatic N) is 2. The first-order chi connectivity index (χ1) is 7.93. The van der Waals surface area contributed by atoms with Gasteiger partial charge in [0.25, 0.3) is 0 Å². The van der Waals surface area contributed by atoms with Crippen molar-refractivity contribution in [2.75, 3.05) is 5.32 Å². The molecular formula is C12H19BrClN3. The molecule has 0 aromatic carbocycles. The number of hydrogen-bond donors (Lipinski definition) is 1. The van der Waals surface area contributed by atoms with Gasteiger partial charge in [0.15, 0.2) is 0 Å². The van der Waals surface area contributed by atoms with Gasteiger partial charge in [0.1, 0.15) is 5.82 Å². The van der Waals surface area contributed by atoms with Gasteiger partial charge in [-0.2, -0.15) is 4.98 Å². The molecule has 0 aliphatic rings. The molecule has 17 heavy (non-hydrogen) atoms. The van der Waals surface area contributed by atoms with Crippen LogP contribution in [0.25, 0.3) is 0 Å². The van der Waals surface area contributed by atoms with Crippen molar-refractivity contribution in [3.63, 3.8) is 0 Å². The highest BCUT2D eigenvalue weighted by molar-refractivity contribution is 9.10. The van der Waals surface area contributed by atoms with Crippen LogP contribution in [-0.2, 0) is 0 Å². The van der Waals surface area contributed by atoms with Crippen LogP contribution < -0.4 is 5.32 Å². The second-order valence-electron chi connectivity index (χ2n) is 4.54. The summed E-state index contributed by atoms with van der Waals surface area (Å²) in [6.07, 6.45) is 2.31. The van der Waals surface area contributed by atoms with Gasteiger partial charge in [-0.05, 0) is 53.7 Å². The third-order valence-corrected chi connectivity index (χ3v) is 3.94. The van der Waals surface area contributed by atoms with Crippen molar-refractivity contribution in [1.82, 2.24) is 9.97 Å². The van der Waals surface area contributed by atoms with Crippen molar-refractivity contribution in [1.29, 1.82) is 0 Å². The third-order valence-electron chi connectivity index (χ3n) is 2.83. The molecule has 0 spiro atoms. The average molecular weight is 321 g/mol. The average Bonchev–Trinajstić information content (AvgIpc) is 2.24. The van der Waals surface area contributed by atoms with E-state index in [1.54, 1.807) is 0 Å². The van der Waals surface area contributed by atoms with E-state index in [0.29, 0.717) is 12.0 Å². The lowest BCUT2D eigenvalue weighted by atomic mass is 10.0. The SMILES string of the molecule is CCC(C)CC(C)Nc1nc(Cl)nc(C)c1Br. The summed E-state index contributed by atoms with van der Waals surface area (Å²) in [5.41, 5.74) is 0.850. The molecule has 0 bridgehead atoms. The Kier molecular flexibility index (Phi) is 5.67. The van der Waals surface area contributed by atoms with Crippen LogP contribution in [0.5, 0.6) is 0 Å². The summed E-state index contributed by atoms with van der Waals surface area (Å²) in [5.74, 6) is 1.48. The van der Waals surface area contributed by atoms with Gasteiger partial charge in [-0.25, -0.2) is 4.98 Å². The minimum atomic E-state index is 0.281. The molecule has 0 aliphatic carbocycles. The molecule has 0 fully saturated rings. The summed E-state index contributed by atoms with van der Waals surface area (Å²) in [6.45, 7) is 8.52. The number of hydrogen-bond acceptors (Lipinski definition) is 3. The number of aromatic nitrogens is 2. The Morgan fingerprint density at radius 3 is 2.59 bits per heavy atom. The molecule has 0 saturated heterocycles. The number of halogens is 2. The minimum absolute atomic E-state index is 0.281. The molecule has 2 unspecified atom stereocenters. The van der Waals surface area contributed by atoms with Crippen LogP contribution in [0.2, 0.25) is 5.28 Å². The number of aryl methyl sites for hydroxylation is 1. The van der Waals surface area contributed by atoms with E-state index in [1.807, 2.05) is 6.92 Å². The van der Waals surface area contributed by atoms with E-state index in [2.05, 4.69) is 52.0 Å². The molecule has 0 radical (unpaired) electrons. The van der Waals surface area contributed by atoms with Crippen LogP contribution in [0, 0.1) is 12.8 Å². The van der Waals surface area contributed by atoms with Crippen LogP contribution in [0.1, 0.15) is 39.3 Å². The molecular weight excluding hydrogens is 302 g/mol. The van der Waals surface area contributed by atoms with Crippen LogP contribution >= 0.6 is 27.5 Å². The molecule has 1 aromatic rings. The third kappa shape index (κ3) is 4.43. The molecule has 1 heterocycles. The Labute approximate surface area is 117 Å². The molecule has 0 amide bonds. The van der Waals surface area contributed by atoms with Gasteiger partial charge in [-0.3, -0.25) is 0 Å². The lowest BCUT2D eigenvalue weighted by Crippen LogP contribution is -2.19. The zero-order valence-electron chi connectivity index (χ0n) is 10.7. The molecule has 3 nitrogen and oxygen atoms in total. The van der Waals surface area contributed by atoms with Crippen molar-refractivity contribution in [2.45, 2.75) is 46.6 Å². The Morgan fingerprint density at radius 1 is 1.35 bits per heavy atom. The summed E-state index contributed by atoms with van der Waals surface area (Å²) in [7, 11) is 0. The van der Waals surface area contributed by atoms with E-state index in [9.17, 15) is 0 Å². The van der Waals surface area contributed by atoms with Gasteiger partial charge in [-0.15, -0.1) is 0 Å². The fourth-order valence-corrected chi connectivity index (χ4v) is 2.19. The molecule has 5 heteroatoms. The number of anilines is 1. The van der Waals surface area contributed by atoms with Crippen molar-refractivity contribution >= 4 is 33.3 Å². The zero-order chi connectivity index (χ0) is 13.0. The number of rotatable bonds is 5. The summed E-state index contributed by atoms with van der Waals surface area (Å²) in [6, 6.07) is 0.367. The molecule has 1 aromatic heterocycles. The molecule has 1 rings (SSSR count). The lowest BCUT2D eigenvalue weighted by Gasteiger charge is -2.19.